The second-order valence-electron chi connectivity index (χ2n) is 6.15. The van der Waals surface area contributed by atoms with Crippen LogP contribution < -0.4 is 10.6 Å². The molecule has 0 aliphatic carbocycles. The van der Waals surface area contributed by atoms with Gasteiger partial charge in [-0.25, -0.2) is 14.4 Å². The summed E-state index contributed by atoms with van der Waals surface area (Å²) in [6.45, 7) is 4.71. The minimum Gasteiger partial charge on any atom is -0.465 e. The van der Waals surface area contributed by atoms with Crippen molar-refractivity contribution in [2.24, 2.45) is 0 Å². The van der Waals surface area contributed by atoms with E-state index in [4.69, 9.17) is 9.47 Å². The van der Waals surface area contributed by atoms with Crippen molar-refractivity contribution in [1.29, 1.82) is 0 Å². The lowest BCUT2D eigenvalue weighted by atomic mass is 10.1. The summed E-state index contributed by atoms with van der Waals surface area (Å²) in [5.41, 5.74) is 0.521. The SMILES string of the molecule is CCOC(=O)C(=O)Nc1sc(C(=O)Nc2ccccc2C(=O)OC)c(C)c1C(=O)OCC. The van der Waals surface area contributed by atoms with E-state index in [1.165, 1.54) is 26.2 Å². The Kier molecular flexibility index (Phi) is 8.47. The van der Waals surface area contributed by atoms with Crippen LogP contribution in [-0.2, 0) is 23.8 Å². The Bertz CT molecular complexity index is 1060. The van der Waals surface area contributed by atoms with Gasteiger partial charge in [0, 0.05) is 0 Å². The van der Waals surface area contributed by atoms with Gasteiger partial charge in [-0.15, -0.1) is 11.3 Å². The van der Waals surface area contributed by atoms with Crippen LogP contribution in [0.5, 0.6) is 0 Å². The zero-order chi connectivity index (χ0) is 23.8. The molecule has 10 nitrogen and oxygen atoms in total. The number of nitrogens with one attached hydrogen (secondary N) is 2. The van der Waals surface area contributed by atoms with Crippen LogP contribution in [0.3, 0.4) is 0 Å². The van der Waals surface area contributed by atoms with Crippen LogP contribution in [-0.4, -0.2) is 50.0 Å². The van der Waals surface area contributed by atoms with Gasteiger partial charge in [0.1, 0.15) is 5.00 Å². The van der Waals surface area contributed by atoms with Crippen molar-refractivity contribution in [2.45, 2.75) is 20.8 Å². The number of hydrogen-bond acceptors (Lipinski definition) is 9. The molecule has 2 rings (SSSR count). The van der Waals surface area contributed by atoms with Gasteiger partial charge in [-0.05, 0) is 38.5 Å². The highest BCUT2D eigenvalue weighted by molar-refractivity contribution is 7.19. The first-order valence-electron chi connectivity index (χ1n) is 9.52. The first-order chi connectivity index (χ1) is 15.2. The predicted octanol–water partition coefficient (Wildman–Crippen LogP) is 2.77. The maximum atomic E-state index is 13.0. The number of anilines is 2. The topological polar surface area (TPSA) is 137 Å². The van der Waals surface area contributed by atoms with Crippen LogP contribution in [0.25, 0.3) is 0 Å². The lowest BCUT2D eigenvalue weighted by molar-refractivity contribution is -0.152. The summed E-state index contributed by atoms with van der Waals surface area (Å²) in [7, 11) is 1.22. The van der Waals surface area contributed by atoms with Crippen molar-refractivity contribution >= 4 is 51.7 Å². The summed E-state index contributed by atoms with van der Waals surface area (Å²) in [6.07, 6.45) is 0. The number of ether oxygens (including phenoxy) is 3. The maximum Gasteiger partial charge on any atom is 0.397 e. The molecule has 0 spiro atoms. The molecule has 0 saturated heterocycles. The van der Waals surface area contributed by atoms with Gasteiger partial charge in [-0.1, -0.05) is 12.1 Å². The van der Waals surface area contributed by atoms with Gasteiger partial charge >= 0.3 is 23.8 Å². The first kappa shape index (κ1) is 24.5. The van der Waals surface area contributed by atoms with Gasteiger partial charge in [-0.3, -0.25) is 9.59 Å². The molecule has 0 radical (unpaired) electrons. The van der Waals surface area contributed by atoms with Gasteiger partial charge in [-0.2, -0.15) is 0 Å². The molecule has 2 N–H and O–H groups in total. The Balaban J connectivity index is 2.43. The average molecular weight is 462 g/mol. The third-order valence-corrected chi connectivity index (χ3v) is 5.31. The normalized spacial score (nSPS) is 10.1. The second-order valence-corrected chi connectivity index (χ2v) is 7.17. The Hall–Kier alpha value is -3.73. The fraction of sp³-hybridized carbons (Fsp3) is 0.286. The van der Waals surface area contributed by atoms with Crippen LogP contribution in [0, 0.1) is 6.92 Å². The number of amides is 2. The number of rotatable bonds is 7. The third kappa shape index (κ3) is 5.49. The molecule has 170 valence electrons. The Morgan fingerprint density at radius 2 is 1.59 bits per heavy atom. The zero-order valence-electron chi connectivity index (χ0n) is 17.9. The highest BCUT2D eigenvalue weighted by Gasteiger charge is 2.28. The summed E-state index contributed by atoms with van der Waals surface area (Å²) >= 11 is 0.783. The standard InChI is InChI=1S/C21H22N2O8S/c1-5-30-20(27)14-11(3)15(32-18(14)23-17(25)21(28)31-6-2)16(24)22-13-10-8-7-9-12(13)19(26)29-4/h7-10H,5-6H2,1-4H3,(H,22,24)(H,23,25). The summed E-state index contributed by atoms with van der Waals surface area (Å²) in [5, 5.41) is 4.87. The van der Waals surface area contributed by atoms with Crippen LogP contribution in [0.4, 0.5) is 10.7 Å². The molecule has 1 aromatic heterocycles. The van der Waals surface area contributed by atoms with Crippen molar-refractivity contribution < 1.29 is 38.2 Å². The van der Waals surface area contributed by atoms with Crippen molar-refractivity contribution in [3.05, 3.63) is 45.8 Å². The lowest BCUT2D eigenvalue weighted by Gasteiger charge is -2.09. The second kappa shape index (κ2) is 11.0. The number of carbonyl (C=O) groups excluding carboxylic acids is 5. The quantitative estimate of drug-likeness (QED) is 0.364. The van der Waals surface area contributed by atoms with E-state index >= 15 is 0 Å². The number of methoxy groups -OCH3 is 1. The van der Waals surface area contributed by atoms with Crippen LogP contribution in [0.15, 0.2) is 24.3 Å². The van der Waals surface area contributed by atoms with Gasteiger partial charge in [0.05, 0.1) is 42.0 Å². The number of thiophene rings is 1. The molecule has 2 aromatic rings. The average Bonchev–Trinajstić information content (AvgIpc) is 3.09. The molecule has 32 heavy (non-hydrogen) atoms. The summed E-state index contributed by atoms with van der Waals surface area (Å²) in [4.78, 5) is 61.2. The van der Waals surface area contributed by atoms with E-state index in [1.54, 1.807) is 26.0 Å². The molecular formula is C21H22N2O8S. The number of benzene rings is 1. The monoisotopic (exact) mass is 462 g/mol. The van der Waals surface area contributed by atoms with Gasteiger partial charge in [0.2, 0.25) is 0 Å². The first-order valence-corrected chi connectivity index (χ1v) is 10.3. The van der Waals surface area contributed by atoms with E-state index in [1.807, 2.05) is 0 Å². The van der Waals surface area contributed by atoms with Crippen LogP contribution >= 0.6 is 11.3 Å². The molecule has 2 amide bonds. The fourth-order valence-electron chi connectivity index (χ4n) is 2.68. The number of hydrogen-bond donors (Lipinski definition) is 2. The number of para-hydroxylation sites is 1. The molecular weight excluding hydrogens is 440 g/mol. The molecule has 0 atom stereocenters. The molecule has 1 heterocycles. The van der Waals surface area contributed by atoms with E-state index in [0.29, 0.717) is 0 Å². The van der Waals surface area contributed by atoms with Crippen molar-refractivity contribution in [3.63, 3.8) is 0 Å². The summed E-state index contributed by atoms with van der Waals surface area (Å²) in [5.74, 6) is -4.27. The van der Waals surface area contributed by atoms with E-state index in [0.717, 1.165) is 11.3 Å². The van der Waals surface area contributed by atoms with Crippen molar-refractivity contribution in [3.8, 4) is 0 Å². The van der Waals surface area contributed by atoms with Crippen molar-refractivity contribution in [2.75, 3.05) is 31.0 Å². The van der Waals surface area contributed by atoms with Crippen LogP contribution in [0.1, 0.15) is 49.8 Å². The molecule has 0 saturated carbocycles. The van der Waals surface area contributed by atoms with Gasteiger partial charge < -0.3 is 24.8 Å². The summed E-state index contributed by atoms with van der Waals surface area (Å²) in [6, 6.07) is 6.24. The van der Waals surface area contributed by atoms with E-state index < -0.39 is 29.7 Å². The van der Waals surface area contributed by atoms with Gasteiger partial charge in [0.15, 0.2) is 0 Å². The van der Waals surface area contributed by atoms with Crippen molar-refractivity contribution in [1.82, 2.24) is 0 Å². The molecule has 11 heteroatoms. The molecule has 0 bridgehead atoms. The number of esters is 3. The van der Waals surface area contributed by atoms with Gasteiger partial charge in [0.25, 0.3) is 5.91 Å². The van der Waals surface area contributed by atoms with Crippen LogP contribution in [0.2, 0.25) is 0 Å². The summed E-state index contributed by atoms with van der Waals surface area (Å²) < 4.78 is 14.4. The Morgan fingerprint density at radius 1 is 0.938 bits per heavy atom. The molecule has 0 fully saturated rings. The molecule has 0 aliphatic heterocycles. The fourth-order valence-corrected chi connectivity index (χ4v) is 3.76. The maximum absolute atomic E-state index is 13.0. The molecule has 0 aliphatic rings. The molecule has 1 aromatic carbocycles. The Morgan fingerprint density at radius 3 is 2.22 bits per heavy atom. The largest absolute Gasteiger partial charge is 0.465 e. The molecule has 0 unspecified atom stereocenters. The smallest absolute Gasteiger partial charge is 0.397 e. The zero-order valence-corrected chi connectivity index (χ0v) is 18.7. The highest BCUT2D eigenvalue weighted by atomic mass is 32.1. The lowest BCUT2D eigenvalue weighted by Crippen LogP contribution is -2.25. The third-order valence-electron chi connectivity index (χ3n) is 4.10. The Labute approximate surface area is 187 Å². The highest BCUT2D eigenvalue weighted by Crippen LogP contribution is 2.34. The van der Waals surface area contributed by atoms with E-state index in [9.17, 15) is 24.0 Å². The minimum atomic E-state index is -1.13. The number of carbonyl (C=O) groups is 5. The predicted molar refractivity (Wildman–Crippen MR) is 116 cm³/mol. The van der Waals surface area contributed by atoms with E-state index in [2.05, 4.69) is 15.4 Å². The van der Waals surface area contributed by atoms with E-state index in [-0.39, 0.29) is 45.5 Å². The minimum absolute atomic E-state index is 0.00624.